The van der Waals surface area contributed by atoms with Crippen molar-refractivity contribution in [3.05, 3.63) is 68.8 Å². The van der Waals surface area contributed by atoms with E-state index < -0.39 is 84.0 Å². The van der Waals surface area contributed by atoms with Crippen molar-refractivity contribution in [2.45, 2.75) is 104 Å². The highest BCUT2D eigenvalue weighted by molar-refractivity contribution is 6.12. The zero-order chi connectivity index (χ0) is 44.6. The first-order valence-electron chi connectivity index (χ1n) is 20.8. The summed E-state index contributed by atoms with van der Waals surface area (Å²) in [4.78, 5) is 131. The summed E-state index contributed by atoms with van der Waals surface area (Å²) in [5, 5.41) is 0. The summed E-state index contributed by atoms with van der Waals surface area (Å²) in [5.74, 6) is -4.79. The molecule has 62 heavy (non-hydrogen) atoms. The molecule has 328 valence electrons. The first kappa shape index (κ1) is 40.8. The third-order valence-electron chi connectivity index (χ3n) is 13.7. The van der Waals surface area contributed by atoms with Crippen LogP contribution in [0.25, 0.3) is 0 Å². The molecule has 5 saturated heterocycles. The minimum atomic E-state index is -2.80. The SMILES string of the molecule is CCOC(=O)[C@]12N3Cc4cc(C)c(C)cc4CN1C(=O)N1CN4C(=O)N5Cc6cc(C)c(C)cc6CN6C(=O)N(CN(C3=O)[C@]12C(=O)OCC)[C@@]4(C(=O)OCC)[C@@]65C(=O)OCC. The van der Waals surface area contributed by atoms with Gasteiger partial charge in [-0.1, -0.05) is 24.3 Å². The van der Waals surface area contributed by atoms with E-state index in [1.54, 1.807) is 0 Å². The molecule has 20 nitrogen and oxygen atoms in total. The lowest BCUT2D eigenvalue weighted by atomic mass is 9.88. The summed E-state index contributed by atoms with van der Waals surface area (Å²) in [7, 11) is 0. The van der Waals surface area contributed by atoms with Crippen LogP contribution in [0.1, 0.15) is 72.2 Å². The number of hydrogen-bond donors (Lipinski definition) is 0. The van der Waals surface area contributed by atoms with Gasteiger partial charge in [0.1, 0.15) is 13.3 Å². The van der Waals surface area contributed by atoms with E-state index in [1.807, 2.05) is 52.0 Å². The Morgan fingerprint density at radius 3 is 0.790 bits per heavy atom. The number of nitrogens with zero attached hydrogens (tertiary/aromatic N) is 8. The van der Waals surface area contributed by atoms with E-state index in [4.69, 9.17) is 18.9 Å². The summed E-state index contributed by atoms with van der Waals surface area (Å²) in [5.41, 5.74) is -5.17. The Hall–Kier alpha value is -6.60. The van der Waals surface area contributed by atoms with Gasteiger partial charge in [0.05, 0.1) is 52.6 Å². The summed E-state index contributed by atoms with van der Waals surface area (Å²) in [6.45, 7) is 9.17. The van der Waals surface area contributed by atoms with Crippen LogP contribution in [-0.4, -0.2) is 150 Å². The molecule has 7 heterocycles. The van der Waals surface area contributed by atoms with Gasteiger partial charge < -0.3 is 18.9 Å². The molecule has 0 N–H and O–H groups in total. The lowest BCUT2D eigenvalue weighted by Gasteiger charge is -2.51. The molecular formula is C42H48N8O12. The molecule has 2 aromatic carbocycles. The lowest BCUT2D eigenvalue weighted by molar-refractivity contribution is -0.209. The maximum Gasteiger partial charge on any atom is 0.359 e. The third-order valence-corrected chi connectivity index (χ3v) is 13.7. The Balaban J connectivity index is 1.38. The molecule has 2 aromatic rings. The number of rotatable bonds is 8. The van der Waals surface area contributed by atoms with Crippen LogP contribution < -0.4 is 0 Å². The maximum absolute atomic E-state index is 15.6. The molecule has 8 amide bonds. The first-order valence-corrected chi connectivity index (χ1v) is 20.8. The predicted octanol–water partition coefficient (Wildman–Crippen LogP) is 2.56. The Morgan fingerprint density at radius 2 is 0.597 bits per heavy atom. The Kier molecular flexibility index (Phi) is 8.85. The van der Waals surface area contributed by atoms with E-state index >= 15 is 38.4 Å². The van der Waals surface area contributed by atoms with Gasteiger partial charge in [-0.3, -0.25) is 39.2 Å². The van der Waals surface area contributed by atoms with Crippen LogP contribution >= 0.6 is 0 Å². The van der Waals surface area contributed by atoms with E-state index in [0.29, 0.717) is 22.3 Å². The molecule has 0 atom stereocenters. The van der Waals surface area contributed by atoms with Gasteiger partial charge in [-0.15, -0.1) is 0 Å². The second kappa shape index (κ2) is 13.4. The molecule has 0 aliphatic carbocycles. The standard InChI is InChI=1S/C42H48N8O12/c1-9-59-31(51)39-41(33(53)61-11-3)47-21-49-37(57)45-19-29-15-25(7)26(8)16-30(29)20-46-38(58)50(42(49,34(54)62-12-4)40(45,46)32(52)60-10-2)22-48(41)36(56)44(39)18-28-14-24(6)23(5)13-27(28)17-43(39)35(47)55/h13-16H,9-12,17-22H2,1-8H3/t39-,40-,41+,42+. The number of urea groups is 4. The van der Waals surface area contributed by atoms with Gasteiger partial charge in [0.15, 0.2) is 0 Å². The number of ether oxygens (including phenoxy) is 4. The van der Waals surface area contributed by atoms with Crippen LogP contribution in [0.5, 0.6) is 0 Å². The van der Waals surface area contributed by atoms with Crippen molar-refractivity contribution in [3.8, 4) is 0 Å². The van der Waals surface area contributed by atoms with Crippen molar-refractivity contribution >= 4 is 48.0 Å². The average Bonchev–Trinajstić information content (AvgIpc) is 3.61. The molecule has 0 radical (unpaired) electrons. The van der Waals surface area contributed by atoms with Gasteiger partial charge >= 0.3 is 48.0 Å². The zero-order valence-corrected chi connectivity index (χ0v) is 35.9. The Morgan fingerprint density at radius 1 is 0.403 bits per heavy atom. The minimum absolute atomic E-state index is 0.235. The second-order valence-corrected chi connectivity index (χ2v) is 16.5. The fourth-order valence-electron chi connectivity index (χ4n) is 11.0. The lowest BCUT2D eigenvalue weighted by Crippen LogP contribution is -2.81. The summed E-state index contributed by atoms with van der Waals surface area (Å²) >= 11 is 0. The van der Waals surface area contributed by atoms with E-state index in [1.165, 1.54) is 27.7 Å². The van der Waals surface area contributed by atoms with E-state index in [0.717, 1.165) is 61.5 Å². The van der Waals surface area contributed by atoms with E-state index in [-0.39, 0.29) is 52.6 Å². The van der Waals surface area contributed by atoms with Gasteiger partial charge in [0.25, 0.3) is 22.7 Å². The monoisotopic (exact) mass is 856 g/mol. The normalized spacial score (nSPS) is 27.6. The van der Waals surface area contributed by atoms with Gasteiger partial charge in [0, 0.05) is 0 Å². The molecule has 0 spiro atoms. The summed E-state index contributed by atoms with van der Waals surface area (Å²) < 4.78 is 23.0. The molecule has 0 saturated carbocycles. The number of benzene rings is 2. The highest BCUT2D eigenvalue weighted by Crippen LogP contribution is 2.61. The average molecular weight is 857 g/mol. The summed E-state index contributed by atoms with van der Waals surface area (Å²) in [6, 6.07) is 3.30. The molecule has 0 bridgehead atoms. The quantitative estimate of drug-likeness (QED) is 0.278. The molecule has 7 aliphatic rings. The number of carbonyl (C=O) groups is 8. The van der Waals surface area contributed by atoms with E-state index in [9.17, 15) is 0 Å². The molecule has 0 aromatic heterocycles. The zero-order valence-electron chi connectivity index (χ0n) is 35.9. The number of fused-ring (bicyclic) bond motifs is 2. The Labute approximate surface area is 356 Å². The van der Waals surface area contributed by atoms with Crippen molar-refractivity contribution in [3.63, 3.8) is 0 Å². The minimum Gasteiger partial charge on any atom is -0.463 e. The molecule has 9 rings (SSSR count). The van der Waals surface area contributed by atoms with Crippen LogP contribution in [0.15, 0.2) is 24.3 Å². The highest BCUT2D eigenvalue weighted by Gasteiger charge is 2.93. The fraction of sp³-hybridized carbons (Fsp3) is 0.524. The number of carbonyl (C=O) groups excluding carboxylic acids is 8. The fourth-order valence-corrected chi connectivity index (χ4v) is 11.0. The van der Waals surface area contributed by atoms with Crippen molar-refractivity contribution in [2.75, 3.05) is 39.8 Å². The van der Waals surface area contributed by atoms with E-state index in [2.05, 4.69) is 0 Å². The number of amides is 8. The van der Waals surface area contributed by atoms with Crippen molar-refractivity contribution in [2.24, 2.45) is 0 Å². The smallest absolute Gasteiger partial charge is 0.359 e. The number of esters is 4. The number of hydrogen-bond acceptors (Lipinski definition) is 12. The summed E-state index contributed by atoms with van der Waals surface area (Å²) in [6.07, 6.45) is 0. The van der Waals surface area contributed by atoms with Crippen molar-refractivity contribution < 1.29 is 57.3 Å². The molecule has 20 heteroatoms. The van der Waals surface area contributed by atoms with Crippen molar-refractivity contribution in [1.82, 2.24) is 39.2 Å². The van der Waals surface area contributed by atoms with Crippen LogP contribution in [-0.2, 0) is 64.3 Å². The van der Waals surface area contributed by atoms with Gasteiger partial charge in [-0.05, 0) is 99.9 Å². The van der Waals surface area contributed by atoms with Crippen LogP contribution in [0, 0.1) is 27.7 Å². The molecule has 7 aliphatic heterocycles. The van der Waals surface area contributed by atoms with Gasteiger partial charge in [-0.2, -0.15) is 0 Å². The van der Waals surface area contributed by atoms with Gasteiger partial charge in [-0.25, -0.2) is 38.4 Å². The van der Waals surface area contributed by atoms with Gasteiger partial charge in [0.2, 0.25) is 0 Å². The topological polar surface area (TPSA) is 199 Å². The van der Waals surface area contributed by atoms with Crippen LogP contribution in [0.4, 0.5) is 19.2 Å². The molecule has 5 fully saturated rings. The number of aryl methyl sites for hydroxylation is 4. The highest BCUT2D eigenvalue weighted by atomic mass is 16.6. The first-order chi connectivity index (χ1) is 29.5. The van der Waals surface area contributed by atoms with Crippen molar-refractivity contribution in [1.29, 1.82) is 0 Å². The molecule has 0 unspecified atom stereocenters. The Bertz CT molecular complexity index is 2160. The largest absolute Gasteiger partial charge is 0.463 e. The predicted molar refractivity (Wildman–Crippen MR) is 210 cm³/mol. The maximum atomic E-state index is 15.6. The second-order valence-electron chi connectivity index (χ2n) is 16.5. The molecular weight excluding hydrogens is 809 g/mol. The van der Waals surface area contributed by atoms with Crippen LogP contribution in [0.3, 0.4) is 0 Å². The van der Waals surface area contributed by atoms with Crippen LogP contribution in [0.2, 0.25) is 0 Å². The third kappa shape index (κ3) is 4.36.